The second-order valence-electron chi connectivity index (χ2n) is 8.28. The highest BCUT2D eigenvalue weighted by molar-refractivity contribution is 8.00. The third-order valence-electron chi connectivity index (χ3n) is 3.71. The third kappa shape index (κ3) is 7.91. The molecule has 0 unspecified atom stereocenters. The van der Waals surface area contributed by atoms with Gasteiger partial charge in [0.05, 0.1) is 19.8 Å². The average molecular weight is 385 g/mol. The number of nitrogens with one attached hydrogen (secondary N) is 1. The maximum Gasteiger partial charge on any atom is 0.257 e. The van der Waals surface area contributed by atoms with Crippen LogP contribution in [0.25, 0.3) is 0 Å². The summed E-state index contributed by atoms with van der Waals surface area (Å²) < 4.78 is 5.60. The summed E-state index contributed by atoms with van der Waals surface area (Å²) in [6.07, 6.45) is 1.68. The monoisotopic (exact) mass is 384 g/mol. The molecular weight excluding hydrogens is 352 g/mol. The van der Waals surface area contributed by atoms with Crippen molar-refractivity contribution < 1.29 is 19.1 Å². The van der Waals surface area contributed by atoms with Gasteiger partial charge in [-0.2, -0.15) is 11.8 Å². The number of imide groups is 1. The van der Waals surface area contributed by atoms with Crippen LogP contribution in [-0.4, -0.2) is 59.4 Å². The summed E-state index contributed by atoms with van der Waals surface area (Å²) in [7, 11) is 0. The van der Waals surface area contributed by atoms with E-state index in [0.29, 0.717) is 12.1 Å². The number of amides is 3. The quantitative estimate of drug-likeness (QED) is 0.488. The topological polar surface area (TPSA) is 75.7 Å². The van der Waals surface area contributed by atoms with Crippen LogP contribution in [0, 0.1) is 5.41 Å². The molecule has 0 aromatic carbocycles. The number of rotatable bonds is 9. The zero-order chi connectivity index (χ0) is 20.0. The average Bonchev–Trinajstić information content (AvgIpc) is 2.78. The molecule has 148 valence electrons. The first-order chi connectivity index (χ1) is 11.9. The molecule has 0 radical (unpaired) electrons. The number of hydrogen-bond acceptors (Lipinski definition) is 5. The van der Waals surface area contributed by atoms with Gasteiger partial charge in [0.15, 0.2) is 0 Å². The van der Waals surface area contributed by atoms with Crippen molar-refractivity contribution in [2.45, 2.75) is 52.7 Å². The Bertz CT molecular complexity index is 559. The first-order valence-electron chi connectivity index (χ1n) is 8.98. The van der Waals surface area contributed by atoms with Crippen LogP contribution in [0.2, 0.25) is 0 Å². The lowest BCUT2D eigenvalue weighted by molar-refractivity contribution is -0.138. The molecule has 0 spiro atoms. The van der Waals surface area contributed by atoms with Crippen molar-refractivity contribution in [3.63, 3.8) is 0 Å². The van der Waals surface area contributed by atoms with Gasteiger partial charge in [-0.1, -0.05) is 41.5 Å². The van der Waals surface area contributed by atoms with E-state index in [0.717, 1.165) is 5.75 Å². The molecule has 1 rings (SSSR count). The summed E-state index contributed by atoms with van der Waals surface area (Å²) >= 11 is 1.80. The van der Waals surface area contributed by atoms with Crippen LogP contribution in [0.15, 0.2) is 11.6 Å². The summed E-state index contributed by atoms with van der Waals surface area (Å²) in [6.45, 7) is 13.5. The molecule has 1 aliphatic rings. The second kappa shape index (κ2) is 9.55. The molecule has 0 fully saturated rings. The molecule has 0 aromatic rings. The predicted molar refractivity (Wildman–Crippen MR) is 105 cm³/mol. The maximum atomic E-state index is 12.3. The fourth-order valence-corrected chi connectivity index (χ4v) is 3.13. The zero-order valence-corrected chi connectivity index (χ0v) is 17.6. The van der Waals surface area contributed by atoms with Gasteiger partial charge >= 0.3 is 0 Å². The minimum absolute atomic E-state index is 0.0514. The number of carbonyl (C=O) groups excluding carboxylic acids is 3. The third-order valence-corrected chi connectivity index (χ3v) is 4.98. The maximum absolute atomic E-state index is 12.3. The molecule has 0 atom stereocenters. The van der Waals surface area contributed by atoms with Crippen molar-refractivity contribution in [3.8, 4) is 0 Å². The second-order valence-corrected chi connectivity index (χ2v) is 10.2. The van der Waals surface area contributed by atoms with Gasteiger partial charge in [0.25, 0.3) is 11.8 Å². The van der Waals surface area contributed by atoms with Gasteiger partial charge in [0.1, 0.15) is 0 Å². The Balaban J connectivity index is 2.17. The number of nitrogens with zero attached hydrogens (tertiary/aromatic N) is 1. The molecule has 0 saturated carbocycles. The van der Waals surface area contributed by atoms with Crippen LogP contribution in [-0.2, 0) is 19.1 Å². The van der Waals surface area contributed by atoms with Crippen LogP contribution in [0.1, 0.15) is 48.0 Å². The van der Waals surface area contributed by atoms with Gasteiger partial charge in [-0.15, -0.1) is 0 Å². The fourth-order valence-electron chi connectivity index (χ4n) is 2.32. The van der Waals surface area contributed by atoms with Gasteiger partial charge in [0.2, 0.25) is 5.91 Å². The van der Waals surface area contributed by atoms with Crippen molar-refractivity contribution in [1.29, 1.82) is 0 Å². The molecule has 26 heavy (non-hydrogen) atoms. The Kier molecular flexibility index (Phi) is 8.34. The summed E-state index contributed by atoms with van der Waals surface area (Å²) in [5, 5.41) is 2.86. The van der Waals surface area contributed by atoms with Crippen molar-refractivity contribution in [2.75, 3.05) is 32.1 Å². The van der Waals surface area contributed by atoms with E-state index in [1.54, 1.807) is 11.8 Å². The van der Waals surface area contributed by atoms with Gasteiger partial charge in [-0.3, -0.25) is 19.3 Å². The van der Waals surface area contributed by atoms with Crippen LogP contribution < -0.4 is 5.32 Å². The first kappa shape index (κ1) is 22.7. The highest BCUT2D eigenvalue weighted by Gasteiger charge is 2.36. The van der Waals surface area contributed by atoms with E-state index in [9.17, 15) is 14.4 Å². The van der Waals surface area contributed by atoms with Crippen LogP contribution in [0.4, 0.5) is 0 Å². The summed E-state index contributed by atoms with van der Waals surface area (Å²) in [4.78, 5) is 37.1. The highest BCUT2D eigenvalue weighted by Crippen LogP contribution is 2.30. The van der Waals surface area contributed by atoms with Crippen molar-refractivity contribution in [1.82, 2.24) is 10.2 Å². The normalized spacial score (nSPS) is 15.5. The van der Waals surface area contributed by atoms with Gasteiger partial charge in [-0.25, -0.2) is 0 Å². The van der Waals surface area contributed by atoms with E-state index < -0.39 is 0 Å². The summed E-state index contributed by atoms with van der Waals surface area (Å²) in [6, 6.07) is 0. The molecule has 1 heterocycles. The van der Waals surface area contributed by atoms with Crippen LogP contribution >= 0.6 is 11.8 Å². The number of thioether (sulfide) groups is 1. The van der Waals surface area contributed by atoms with E-state index >= 15 is 0 Å². The van der Waals surface area contributed by atoms with E-state index in [2.05, 4.69) is 26.1 Å². The number of carbonyl (C=O) groups is 3. The molecule has 0 aliphatic carbocycles. The van der Waals surface area contributed by atoms with Gasteiger partial charge in [-0.05, 0) is 5.41 Å². The largest absolute Gasteiger partial charge is 0.379 e. The van der Waals surface area contributed by atoms with E-state index in [1.165, 1.54) is 11.0 Å². The molecule has 1 aliphatic heterocycles. The lowest BCUT2D eigenvalue weighted by atomic mass is 9.86. The minimum atomic E-state index is -0.355. The predicted octanol–water partition coefficient (Wildman–Crippen LogP) is 2.38. The zero-order valence-electron chi connectivity index (χ0n) is 16.8. The Labute approximate surface area is 161 Å². The number of ether oxygens (including phenoxy) is 1. The lowest BCUT2D eigenvalue weighted by Gasteiger charge is -2.21. The smallest absolute Gasteiger partial charge is 0.257 e. The molecule has 0 aromatic heterocycles. The summed E-state index contributed by atoms with van der Waals surface area (Å²) in [5.41, 5.74) is 0.168. The Morgan fingerprint density at radius 1 is 1.15 bits per heavy atom. The Morgan fingerprint density at radius 2 is 1.81 bits per heavy atom. The van der Waals surface area contributed by atoms with Crippen molar-refractivity contribution in [3.05, 3.63) is 11.6 Å². The minimum Gasteiger partial charge on any atom is -0.379 e. The number of hydrogen-bond donors (Lipinski definition) is 1. The van der Waals surface area contributed by atoms with E-state index in [-0.39, 0.29) is 54.1 Å². The summed E-state index contributed by atoms with van der Waals surface area (Å²) in [5.74, 6) is 0.278. The first-order valence-corrected chi connectivity index (χ1v) is 9.97. The highest BCUT2D eigenvalue weighted by atomic mass is 32.2. The van der Waals surface area contributed by atoms with Crippen molar-refractivity contribution >= 4 is 29.5 Å². The molecule has 0 bridgehead atoms. The lowest BCUT2D eigenvalue weighted by Crippen LogP contribution is -2.36. The molecule has 1 N–H and O–H groups in total. The molecule has 3 amide bonds. The van der Waals surface area contributed by atoms with Gasteiger partial charge in [0, 0.05) is 35.1 Å². The van der Waals surface area contributed by atoms with E-state index in [4.69, 9.17) is 4.74 Å². The Hall–Kier alpha value is -1.34. The standard InChI is InChI=1S/C19H32N2O4S/c1-18(2,3)14-13-16(23)21(17(14)24)9-11-25-10-7-15(22)20-8-12-26-19(4,5)6/h13H,7-12H2,1-6H3,(H,20,22). The van der Waals surface area contributed by atoms with Crippen LogP contribution in [0.5, 0.6) is 0 Å². The molecule has 6 nitrogen and oxygen atoms in total. The fraction of sp³-hybridized carbons (Fsp3) is 0.737. The molecular formula is C19H32N2O4S. The van der Waals surface area contributed by atoms with Gasteiger partial charge < -0.3 is 10.1 Å². The molecule has 7 heteroatoms. The SMILES string of the molecule is CC(C)(C)SCCNC(=O)CCOCCN1C(=O)C=C(C(C)(C)C)C1=O. The van der Waals surface area contributed by atoms with Crippen LogP contribution in [0.3, 0.4) is 0 Å². The van der Waals surface area contributed by atoms with Crippen molar-refractivity contribution in [2.24, 2.45) is 5.41 Å². The molecule has 0 saturated heterocycles. The van der Waals surface area contributed by atoms with E-state index in [1.807, 2.05) is 20.8 Å². The Morgan fingerprint density at radius 3 is 2.35 bits per heavy atom.